The summed E-state index contributed by atoms with van der Waals surface area (Å²) in [5, 5.41) is 20.6. The monoisotopic (exact) mass is 929 g/mol. The molecule has 2 aromatic heterocycles. The quantitative estimate of drug-likeness (QED) is 0.161. The van der Waals surface area contributed by atoms with Gasteiger partial charge in [-0.25, -0.2) is 19.9 Å². The maximum atomic E-state index is 11.7. The first-order valence-corrected chi connectivity index (χ1v) is 24.1. The lowest BCUT2D eigenvalue weighted by Gasteiger charge is -2.36. The highest BCUT2D eigenvalue weighted by Crippen LogP contribution is 2.39. The fourth-order valence-corrected chi connectivity index (χ4v) is 9.90. The number of rotatable bonds is 8. The van der Waals surface area contributed by atoms with Gasteiger partial charge in [-0.15, -0.1) is 0 Å². The van der Waals surface area contributed by atoms with Crippen LogP contribution >= 0.6 is 0 Å². The summed E-state index contributed by atoms with van der Waals surface area (Å²) < 4.78 is 16.0. The number of hydrogen-bond acceptors (Lipinski definition) is 13. The topological polar surface area (TPSA) is 160 Å². The number of esters is 2. The fourth-order valence-electron chi connectivity index (χ4n) is 9.90. The molecule has 0 radical (unpaired) electrons. The summed E-state index contributed by atoms with van der Waals surface area (Å²) in [6.45, 7) is 18.7. The van der Waals surface area contributed by atoms with Crippen LogP contribution in [-0.2, 0) is 32.2 Å². The van der Waals surface area contributed by atoms with Crippen LogP contribution in [0.25, 0.3) is 21.8 Å². The van der Waals surface area contributed by atoms with E-state index >= 15 is 0 Å². The number of ether oxygens (including phenoxy) is 3. The number of carbonyl (C=O) groups is 2. The lowest BCUT2D eigenvalue weighted by atomic mass is 9.72. The van der Waals surface area contributed by atoms with Gasteiger partial charge in [0.25, 0.3) is 0 Å². The van der Waals surface area contributed by atoms with E-state index in [9.17, 15) is 19.8 Å². The molecule has 8 rings (SSSR count). The summed E-state index contributed by atoms with van der Waals surface area (Å²) in [5.74, 6) is 4.17. The molecule has 4 aromatic rings. The van der Waals surface area contributed by atoms with Crippen LogP contribution in [0.15, 0.2) is 48.8 Å². The number of nitrogens with zero attached hydrogens (tertiary/aromatic N) is 6. The first-order valence-electron chi connectivity index (χ1n) is 24.1. The highest BCUT2D eigenvalue weighted by Gasteiger charge is 2.32. The highest BCUT2D eigenvalue weighted by atomic mass is 16.5. The summed E-state index contributed by atoms with van der Waals surface area (Å²) in [6, 6.07) is 11.2. The second-order valence-electron chi connectivity index (χ2n) is 21.0. The molecule has 0 unspecified atom stereocenters. The molecule has 2 aromatic carbocycles. The van der Waals surface area contributed by atoms with Gasteiger partial charge in [0.15, 0.2) is 0 Å². The third-order valence-corrected chi connectivity index (χ3v) is 14.3. The average molecular weight is 929 g/mol. The maximum Gasteiger partial charge on any atom is 0.308 e. The van der Waals surface area contributed by atoms with E-state index in [1.807, 2.05) is 18.3 Å². The zero-order valence-corrected chi connectivity index (χ0v) is 40.4. The maximum absolute atomic E-state index is 11.7. The Morgan fingerprint density at radius 1 is 0.612 bits per heavy atom. The predicted octanol–water partition coefficient (Wildman–Crippen LogP) is 10.6. The van der Waals surface area contributed by atoms with Crippen LogP contribution in [-0.4, -0.2) is 104 Å². The molecule has 0 atom stereocenters. The molecule has 13 nitrogen and oxygen atoms in total. The lowest BCUT2D eigenvalue weighted by Crippen LogP contribution is -2.36. The lowest BCUT2D eigenvalue weighted by molar-refractivity contribution is -0.147. The summed E-state index contributed by atoms with van der Waals surface area (Å²) in [6.07, 6.45) is 16.4. The van der Waals surface area contributed by atoms with Gasteiger partial charge < -0.3 is 24.4 Å². The van der Waals surface area contributed by atoms with Gasteiger partial charge in [0.1, 0.15) is 23.1 Å². The third kappa shape index (κ3) is 16.3. The van der Waals surface area contributed by atoms with Gasteiger partial charge in [0.05, 0.1) is 62.4 Å². The Hall–Kier alpha value is -4.46. The number of aromatic nitrogens is 4. The van der Waals surface area contributed by atoms with Crippen LogP contribution in [0.4, 0.5) is 0 Å². The van der Waals surface area contributed by atoms with Crippen LogP contribution in [0.5, 0.6) is 11.5 Å². The van der Waals surface area contributed by atoms with Gasteiger partial charge in [-0.1, -0.05) is 56.4 Å². The van der Waals surface area contributed by atoms with Gasteiger partial charge in [-0.2, -0.15) is 0 Å². The number of carbonyl (C=O) groups excluding carboxylic acids is 2. The summed E-state index contributed by atoms with van der Waals surface area (Å²) in [4.78, 5) is 46.0. The Balaban J connectivity index is 0.000000242. The first-order chi connectivity index (χ1) is 31.0. The number of aromatic hydroxyl groups is 1. The number of likely N-dealkylation sites (tertiary alicyclic amines) is 2. The molecule has 4 aliphatic rings. The van der Waals surface area contributed by atoms with Crippen LogP contribution in [0.3, 0.4) is 0 Å². The van der Waals surface area contributed by atoms with Crippen molar-refractivity contribution in [2.45, 2.75) is 159 Å². The number of aliphatic hydroxyl groups excluding tert-OH is 1. The molecule has 4 fully saturated rings. The molecule has 2 saturated heterocycles. The van der Waals surface area contributed by atoms with E-state index in [0.29, 0.717) is 30.0 Å². The van der Waals surface area contributed by atoms with Gasteiger partial charge >= 0.3 is 11.9 Å². The molecule has 2 N–H and O–H groups in total. The molecular formula is C54H84N6O7. The smallest absolute Gasteiger partial charge is 0.308 e. The van der Waals surface area contributed by atoms with Crippen LogP contribution in [0.1, 0.15) is 145 Å². The van der Waals surface area contributed by atoms with Crippen molar-refractivity contribution in [1.82, 2.24) is 29.7 Å². The molecule has 2 aliphatic heterocycles. The van der Waals surface area contributed by atoms with E-state index in [-0.39, 0.29) is 50.5 Å². The molecule has 0 bridgehead atoms. The molecule has 2 aliphatic carbocycles. The third-order valence-electron chi connectivity index (χ3n) is 14.3. The van der Waals surface area contributed by atoms with Crippen LogP contribution in [0.2, 0.25) is 0 Å². The number of aliphatic hydroxyl groups is 1. The summed E-state index contributed by atoms with van der Waals surface area (Å²) >= 11 is 0. The molecule has 4 heterocycles. The van der Waals surface area contributed by atoms with Crippen LogP contribution < -0.4 is 4.74 Å². The van der Waals surface area contributed by atoms with E-state index in [4.69, 9.17) is 19.2 Å². The largest absolute Gasteiger partial charge is 0.508 e. The SMILES string of the molecule is C.C.CC(C)(C)C1CCC(O)CC1.COC(=O)C1CCN(Cc2ncc3cc(O)ccc3n2)CC1.COC(=O)C1CCN(Cc2ncc3cc(OC4CCC(C(C)(C)C)CC4)ccc3n2)CC1. The van der Waals surface area contributed by atoms with Crippen molar-refractivity contribution in [2.24, 2.45) is 34.5 Å². The van der Waals surface area contributed by atoms with Crippen molar-refractivity contribution in [3.63, 3.8) is 0 Å². The second kappa shape index (κ2) is 25.2. The molecule has 0 spiro atoms. The number of piperidine rings is 2. The Bertz CT molecular complexity index is 2140. The van der Waals surface area contributed by atoms with Crippen molar-refractivity contribution in [1.29, 1.82) is 0 Å². The molecule has 13 heteroatoms. The standard InChI is InChI=1S/C26H37N3O3.C16H19N3O3.C10H20O.2CH4/c1-26(2,3)20-5-7-21(8-6-20)32-22-9-10-23-19(15-22)16-27-24(28-23)17-29-13-11-18(12-14-29)25(30)31-4;1-22-16(21)11-4-6-19(7-5-11)10-15-17-9-12-8-13(20)2-3-14(12)18-15;1-10(2,3)8-4-6-9(11)7-5-8;;/h9-10,15-16,18,20-21H,5-8,11-14,17H2,1-4H3;2-3,8-9,11,20H,4-7,10H2,1H3;8-9,11H,4-7H2,1-3H3;2*1H4. The Kier molecular flexibility index (Phi) is 20.8. The van der Waals surface area contributed by atoms with E-state index in [0.717, 1.165) is 129 Å². The number of benzene rings is 2. The molecule has 67 heavy (non-hydrogen) atoms. The normalized spacial score (nSPS) is 22.2. The van der Waals surface area contributed by atoms with E-state index in [2.05, 4.69) is 72.4 Å². The van der Waals surface area contributed by atoms with E-state index in [1.165, 1.54) is 39.9 Å². The Labute approximate surface area is 401 Å². The van der Waals surface area contributed by atoms with Gasteiger partial charge in [-0.05, 0) is 162 Å². The van der Waals surface area contributed by atoms with E-state index in [1.54, 1.807) is 24.4 Å². The van der Waals surface area contributed by atoms with Crippen molar-refractivity contribution < 1.29 is 34.0 Å². The van der Waals surface area contributed by atoms with Crippen LogP contribution in [0, 0.1) is 34.5 Å². The molecular weight excluding hydrogens is 845 g/mol. The molecule has 0 amide bonds. The minimum atomic E-state index is -0.110. The zero-order chi connectivity index (χ0) is 46.7. The summed E-state index contributed by atoms with van der Waals surface area (Å²) in [5.41, 5.74) is 2.61. The second-order valence-corrected chi connectivity index (χ2v) is 21.0. The predicted molar refractivity (Wildman–Crippen MR) is 267 cm³/mol. The fraction of sp³-hybridized carbons (Fsp3) is 0.667. The minimum absolute atomic E-state index is 0. The number of phenols is 1. The summed E-state index contributed by atoms with van der Waals surface area (Å²) in [7, 11) is 2.90. The average Bonchev–Trinajstić information content (AvgIpc) is 3.29. The molecule has 2 saturated carbocycles. The van der Waals surface area contributed by atoms with Gasteiger partial charge in [0, 0.05) is 23.2 Å². The van der Waals surface area contributed by atoms with Crippen molar-refractivity contribution in [2.75, 3.05) is 40.4 Å². The highest BCUT2D eigenvalue weighted by molar-refractivity contribution is 5.80. The number of fused-ring (bicyclic) bond motifs is 2. The van der Waals surface area contributed by atoms with E-state index < -0.39 is 0 Å². The van der Waals surface area contributed by atoms with Gasteiger partial charge in [-0.3, -0.25) is 19.4 Å². The van der Waals surface area contributed by atoms with Crippen molar-refractivity contribution >= 4 is 33.7 Å². The van der Waals surface area contributed by atoms with Crippen molar-refractivity contribution in [3.05, 3.63) is 60.4 Å². The van der Waals surface area contributed by atoms with Gasteiger partial charge in [0.2, 0.25) is 0 Å². The first kappa shape index (κ1) is 55.1. The zero-order valence-electron chi connectivity index (χ0n) is 40.4. The minimum Gasteiger partial charge on any atom is -0.508 e. The molecule has 372 valence electrons. The van der Waals surface area contributed by atoms with Crippen molar-refractivity contribution in [3.8, 4) is 11.5 Å². The number of hydrogen-bond donors (Lipinski definition) is 2. The Morgan fingerprint density at radius 2 is 1.03 bits per heavy atom. The Morgan fingerprint density at radius 3 is 1.46 bits per heavy atom. The number of methoxy groups -OCH3 is 2. The number of phenolic OH excluding ortho intramolecular Hbond substituents is 1.